The average Bonchev–Trinajstić information content (AvgIpc) is 2.49. The molecule has 1 aliphatic rings. The lowest BCUT2D eigenvalue weighted by Gasteiger charge is -2.26. The quantitative estimate of drug-likeness (QED) is 0.647. The van der Waals surface area contributed by atoms with Crippen LogP contribution < -0.4 is 15.8 Å². The van der Waals surface area contributed by atoms with Crippen molar-refractivity contribution in [3.8, 4) is 5.75 Å². The lowest BCUT2D eigenvalue weighted by Crippen LogP contribution is -2.31. The van der Waals surface area contributed by atoms with Crippen LogP contribution in [0.15, 0.2) is 18.2 Å². The molecule has 21 heavy (non-hydrogen) atoms. The molecule has 0 heterocycles. The number of hydrogen-bond acceptors (Lipinski definition) is 5. The monoisotopic (exact) mass is 293 g/mol. The molecule has 114 valence electrons. The lowest BCUT2D eigenvalue weighted by atomic mass is 9.94. The first-order valence-corrected chi connectivity index (χ1v) is 6.94. The largest absolute Gasteiger partial charge is 0.484 e. The molecule has 2 rings (SSSR count). The number of benzene rings is 1. The molecule has 0 aromatic heterocycles. The first-order chi connectivity index (χ1) is 10.0. The van der Waals surface area contributed by atoms with Crippen molar-refractivity contribution in [3.63, 3.8) is 0 Å². The van der Waals surface area contributed by atoms with Crippen molar-refractivity contribution in [1.82, 2.24) is 5.32 Å². The molecule has 1 aromatic rings. The SMILES string of the molecule is CNC(=O)c1ccc(OC2CCC(N)CC2)c([N+](=O)[O-])c1. The van der Waals surface area contributed by atoms with Gasteiger partial charge in [-0.1, -0.05) is 0 Å². The van der Waals surface area contributed by atoms with Crippen LogP contribution in [0.5, 0.6) is 5.75 Å². The van der Waals surface area contributed by atoms with E-state index in [0.717, 1.165) is 25.7 Å². The van der Waals surface area contributed by atoms with Gasteiger partial charge >= 0.3 is 5.69 Å². The second kappa shape index (κ2) is 6.53. The van der Waals surface area contributed by atoms with E-state index in [9.17, 15) is 14.9 Å². The number of amides is 1. The molecule has 0 spiro atoms. The minimum absolute atomic E-state index is 0.0608. The highest BCUT2D eigenvalue weighted by atomic mass is 16.6. The molecule has 1 aromatic carbocycles. The highest BCUT2D eigenvalue weighted by Crippen LogP contribution is 2.31. The summed E-state index contributed by atoms with van der Waals surface area (Å²) in [5.41, 5.74) is 5.88. The number of rotatable bonds is 4. The first kappa shape index (κ1) is 15.2. The van der Waals surface area contributed by atoms with Gasteiger partial charge in [-0.05, 0) is 37.8 Å². The summed E-state index contributed by atoms with van der Waals surface area (Å²) in [6.45, 7) is 0. The Hall–Kier alpha value is -2.15. The molecule has 7 heteroatoms. The molecule has 0 unspecified atom stereocenters. The highest BCUT2D eigenvalue weighted by molar-refractivity contribution is 5.94. The third-order valence-electron chi connectivity index (χ3n) is 3.66. The van der Waals surface area contributed by atoms with Gasteiger partial charge in [-0.2, -0.15) is 0 Å². The van der Waals surface area contributed by atoms with Crippen molar-refractivity contribution in [1.29, 1.82) is 0 Å². The molecular formula is C14H19N3O4. The van der Waals surface area contributed by atoms with E-state index in [1.807, 2.05) is 0 Å². The van der Waals surface area contributed by atoms with Crippen LogP contribution in [-0.4, -0.2) is 30.0 Å². The number of ether oxygens (including phenoxy) is 1. The Balaban J connectivity index is 2.18. The standard InChI is InChI=1S/C14H19N3O4/c1-16-14(18)9-2-7-13(12(8-9)17(19)20)21-11-5-3-10(15)4-6-11/h2,7-8,10-11H,3-6,15H2,1H3,(H,16,18). The third kappa shape index (κ3) is 3.69. The summed E-state index contributed by atoms with van der Waals surface area (Å²) in [4.78, 5) is 22.2. The Morgan fingerprint density at radius 2 is 2.05 bits per heavy atom. The lowest BCUT2D eigenvalue weighted by molar-refractivity contribution is -0.386. The van der Waals surface area contributed by atoms with E-state index >= 15 is 0 Å². The number of nitro benzene ring substituents is 1. The fraction of sp³-hybridized carbons (Fsp3) is 0.500. The summed E-state index contributed by atoms with van der Waals surface area (Å²) >= 11 is 0. The Labute approximate surface area is 122 Å². The average molecular weight is 293 g/mol. The van der Waals surface area contributed by atoms with Gasteiger partial charge in [0.2, 0.25) is 0 Å². The van der Waals surface area contributed by atoms with Gasteiger partial charge in [0, 0.05) is 24.7 Å². The molecule has 1 aliphatic carbocycles. The van der Waals surface area contributed by atoms with Gasteiger partial charge in [0.05, 0.1) is 11.0 Å². The Morgan fingerprint density at radius 1 is 1.38 bits per heavy atom. The fourth-order valence-electron chi connectivity index (χ4n) is 2.43. The van der Waals surface area contributed by atoms with E-state index in [2.05, 4.69) is 5.32 Å². The zero-order valence-electron chi connectivity index (χ0n) is 11.9. The molecular weight excluding hydrogens is 274 g/mol. The van der Waals surface area contributed by atoms with Crippen LogP contribution in [0.1, 0.15) is 36.0 Å². The summed E-state index contributed by atoms with van der Waals surface area (Å²) in [7, 11) is 1.48. The van der Waals surface area contributed by atoms with E-state index in [0.29, 0.717) is 0 Å². The Morgan fingerprint density at radius 3 is 2.62 bits per heavy atom. The maximum absolute atomic E-state index is 11.5. The molecule has 3 N–H and O–H groups in total. The maximum atomic E-state index is 11.5. The van der Waals surface area contributed by atoms with E-state index < -0.39 is 4.92 Å². The van der Waals surface area contributed by atoms with Crippen LogP contribution in [0.25, 0.3) is 0 Å². The minimum Gasteiger partial charge on any atom is -0.484 e. The van der Waals surface area contributed by atoms with Gasteiger partial charge in [-0.15, -0.1) is 0 Å². The Kier molecular flexibility index (Phi) is 4.74. The summed E-state index contributed by atoms with van der Waals surface area (Å²) < 4.78 is 5.74. The molecule has 7 nitrogen and oxygen atoms in total. The first-order valence-electron chi connectivity index (χ1n) is 6.94. The minimum atomic E-state index is -0.531. The smallest absolute Gasteiger partial charge is 0.311 e. The van der Waals surface area contributed by atoms with Crippen molar-refractivity contribution in [2.45, 2.75) is 37.8 Å². The molecule has 0 bridgehead atoms. The van der Waals surface area contributed by atoms with E-state index in [1.54, 1.807) is 0 Å². The number of nitrogens with zero attached hydrogens (tertiary/aromatic N) is 1. The summed E-state index contributed by atoms with van der Waals surface area (Å²) in [6.07, 6.45) is 3.23. The number of nitro groups is 1. The zero-order valence-corrected chi connectivity index (χ0v) is 11.9. The van der Waals surface area contributed by atoms with Crippen LogP contribution in [0.3, 0.4) is 0 Å². The highest BCUT2D eigenvalue weighted by Gasteiger charge is 2.24. The molecule has 1 fully saturated rings. The van der Waals surface area contributed by atoms with Gasteiger partial charge in [-0.3, -0.25) is 14.9 Å². The van der Waals surface area contributed by atoms with Crippen molar-refractivity contribution in [2.75, 3.05) is 7.05 Å². The number of hydrogen-bond donors (Lipinski definition) is 2. The van der Waals surface area contributed by atoms with Crippen molar-refractivity contribution in [2.24, 2.45) is 5.73 Å². The van der Waals surface area contributed by atoms with Crippen LogP contribution in [0.4, 0.5) is 5.69 Å². The van der Waals surface area contributed by atoms with Gasteiger partial charge in [-0.25, -0.2) is 0 Å². The van der Waals surface area contributed by atoms with E-state index in [1.165, 1.54) is 25.2 Å². The molecule has 1 amide bonds. The summed E-state index contributed by atoms with van der Waals surface area (Å²) in [6, 6.07) is 4.44. The van der Waals surface area contributed by atoms with Crippen molar-refractivity contribution in [3.05, 3.63) is 33.9 Å². The molecule has 0 atom stereocenters. The van der Waals surface area contributed by atoms with Gasteiger partial charge in [0.15, 0.2) is 5.75 Å². The number of nitrogens with two attached hydrogens (primary N) is 1. The van der Waals surface area contributed by atoms with Crippen LogP contribution in [-0.2, 0) is 0 Å². The van der Waals surface area contributed by atoms with Crippen LogP contribution in [0, 0.1) is 10.1 Å². The van der Waals surface area contributed by atoms with Crippen molar-refractivity contribution >= 4 is 11.6 Å². The van der Waals surface area contributed by atoms with Gasteiger partial charge < -0.3 is 15.8 Å². The van der Waals surface area contributed by atoms with Gasteiger partial charge in [0.25, 0.3) is 5.91 Å². The maximum Gasteiger partial charge on any atom is 0.311 e. The normalized spacial score (nSPS) is 21.6. The fourth-order valence-corrected chi connectivity index (χ4v) is 2.43. The molecule has 0 saturated heterocycles. The molecule has 0 radical (unpaired) electrons. The number of nitrogens with one attached hydrogen (secondary N) is 1. The van der Waals surface area contributed by atoms with Crippen LogP contribution >= 0.6 is 0 Å². The Bertz CT molecular complexity index is 539. The number of carbonyl (C=O) groups excluding carboxylic acids is 1. The van der Waals surface area contributed by atoms with E-state index in [-0.39, 0.29) is 35.1 Å². The summed E-state index contributed by atoms with van der Waals surface area (Å²) in [5, 5.41) is 13.6. The topological polar surface area (TPSA) is 107 Å². The van der Waals surface area contributed by atoms with Crippen molar-refractivity contribution < 1.29 is 14.5 Å². The second-order valence-electron chi connectivity index (χ2n) is 5.17. The van der Waals surface area contributed by atoms with Crippen LogP contribution in [0.2, 0.25) is 0 Å². The molecule has 0 aliphatic heterocycles. The van der Waals surface area contributed by atoms with E-state index in [4.69, 9.17) is 10.5 Å². The summed E-state index contributed by atoms with van der Waals surface area (Å²) in [5.74, 6) is -0.165. The second-order valence-corrected chi connectivity index (χ2v) is 5.17. The zero-order chi connectivity index (χ0) is 15.4. The van der Waals surface area contributed by atoms with Gasteiger partial charge in [0.1, 0.15) is 0 Å². The predicted octanol–water partition coefficient (Wildman–Crippen LogP) is 1.60. The molecule has 1 saturated carbocycles. The predicted molar refractivity (Wildman–Crippen MR) is 77.3 cm³/mol. The number of carbonyl (C=O) groups is 1. The third-order valence-corrected chi connectivity index (χ3v) is 3.66.